The van der Waals surface area contributed by atoms with E-state index in [9.17, 15) is 4.39 Å². The van der Waals surface area contributed by atoms with Crippen LogP contribution in [-0.2, 0) is 0 Å². The molecule has 2 aromatic rings. The van der Waals surface area contributed by atoms with Crippen LogP contribution in [0.5, 0.6) is 5.88 Å². The highest BCUT2D eigenvalue weighted by Gasteiger charge is 2.17. The number of hydrogen-bond acceptors (Lipinski definition) is 5. The largest absolute Gasteiger partial charge is 0.480 e. The molecule has 1 aromatic carbocycles. The Kier molecular flexibility index (Phi) is 5.31. The summed E-state index contributed by atoms with van der Waals surface area (Å²) in [6, 6.07) is 6.52. The molecule has 1 aromatic heterocycles. The predicted molar refractivity (Wildman–Crippen MR) is 77.5 cm³/mol. The zero-order chi connectivity index (χ0) is 14.4. The Hall–Kier alpha value is -1.66. The molecule has 0 radical (unpaired) electrons. The molecule has 6 heteroatoms. The van der Waals surface area contributed by atoms with Crippen LogP contribution in [0.4, 0.5) is 4.39 Å². The number of thioether (sulfide) groups is 1. The van der Waals surface area contributed by atoms with Gasteiger partial charge in [-0.1, -0.05) is 6.07 Å². The second kappa shape index (κ2) is 7.21. The number of aromatic nitrogens is 2. The molecular formula is C14H16FN3OS. The summed E-state index contributed by atoms with van der Waals surface area (Å²) in [7, 11) is 3.42. The van der Waals surface area contributed by atoms with Gasteiger partial charge in [0, 0.05) is 23.0 Å². The third kappa shape index (κ3) is 3.68. The first-order valence-corrected chi connectivity index (χ1v) is 7.13. The van der Waals surface area contributed by atoms with Crippen molar-refractivity contribution in [1.82, 2.24) is 15.3 Å². The number of ether oxygens (including phenoxy) is 1. The normalized spacial score (nSPS) is 12.2. The number of nitrogens with zero attached hydrogens (tertiary/aromatic N) is 2. The van der Waals surface area contributed by atoms with E-state index in [0.29, 0.717) is 11.6 Å². The quantitative estimate of drug-likeness (QED) is 0.830. The van der Waals surface area contributed by atoms with Crippen LogP contribution in [0.2, 0.25) is 0 Å². The summed E-state index contributed by atoms with van der Waals surface area (Å²) in [5, 5.41) is 3.18. The Labute approximate surface area is 121 Å². The molecule has 0 aliphatic rings. The lowest BCUT2D eigenvalue weighted by Gasteiger charge is -2.16. The van der Waals surface area contributed by atoms with Crippen molar-refractivity contribution in [3.05, 3.63) is 48.2 Å². The monoisotopic (exact) mass is 293 g/mol. The highest BCUT2D eigenvalue weighted by atomic mass is 32.2. The lowest BCUT2D eigenvalue weighted by Crippen LogP contribution is -2.21. The molecule has 0 aliphatic carbocycles. The van der Waals surface area contributed by atoms with Crippen LogP contribution >= 0.6 is 11.8 Å². The zero-order valence-electron chi connectivity index (χ0n) is 11.3. The van der Waals surface area contributed by atoms with E-state index in [4.69, 9.17) is 4.74 Å². The van der Waals surface area contributed by atoms with Gasteiger partial charge in [-0.3, -0.25) is 4.98 Å². The van der Waals surface area contributed by atoms with Gasteiger partial charge in [-0.15, -0.1) is 11.8 Å². The third-order valence-electron chi connectivity index (χ3n) is 2.78. The van der Waals surface area contributed by atoms with E-state index in [2.05, 4.69) is 15.3 Å². The van der Waals surface area contributed by atoms with Crippen LogP contribution in [0.3, 0.4) is 0 Å². The Morgan fingerprint density at radius 2 is 2.15 bits per heavy atom. The molecule has 0 bridgehead atoms. The average molecular weight is 293 g/mol. The molecule has 0 saturated heterocycles. The van der Waals surface area contributed by atoms with E-state index in [-0.39, 0.29) is 11.9 Å². The maximum atomic E-state index is 13.1. The molecule has 1 heterocycles. The van der Waals surface area contributed by atoms with Gasteiger partial charge in [-0.25, -0.2) is 9.37 Å². The summed E-state index contributed by atoms with van der Waals surface area (Å²) in [5.41, 5.74) is 0.751. The van der Waals surface area contributed by atoms with E-state index in [0.717, 1.165) is 10.6 Å². The fourth-order valence-electron chi connectivity index (χ4n) is 1.77. The van der Waals surface area contributed by atoms with Gasteiger partial charge in [0.15, 0.2) is 0 Å². The minimum Gasteiger partial charge on any atom is -0.480 e. The van der Waals surface area contributed by atoms with Gasteiger partial charge in [0.25, 0.3) is 0 Å². The molecule has 106 valence electrons. The van der Waals surface area contributed by atoms with Gasteiger partial charge in [0.05, 0.1) is 13.2 Å². The maximum absolute atomic E-state index is 13.1. The van der Waals surface area contributed by atoms with Crippen molar-refractivity contribution < 1.29 is 9.13 Å². The molecule has 1 N–H and O–H groups in total. The Bertz CT molecular complexity index is 568. The summed E-state index contributed by atoms with van der Waals surface area (Å²) in [6.07, 6.45) is 3.23. The fourth-order valence-corrected chi connectivity index (χ4v) is 2.82. The molecule has 0 spiro atoms. The lowest BCUT2D eigenvalue weighted by atomic mass is 10.2. The summed E-state index contributed by atoms with van der Waals surface area (Å²) in [6.45, 7) is 0. The van der Waals surface area contributed by atoms with Gasteiger partial charge in [0.1, 0.15) is 11.5 Å². The standard InChI is InChI=1S/C14H16FN3OS/c1-16-12(13-14(19-2)18-7-6-17-13)9-20-11-5-3-4-10(15)8-11/h3-8,12,16H,9H2,1-2H3. The Morgan fingerprint density at radius 1 is 1.35 bits per heavy atom. The minimum atomic E-state index is -0.229. The van der Waals surface area contributed by atoms with E-state index >= 15 is 0 Å². The smallest absolute Gasteiger partial charge is 0.237 e. The van der Waals surface area contributed by atoms with Crippen molar-refractivity contribution in [2.45, 2.75) is 10.9 Å². The minimum absolute atomic E-state index is 0.0214. The molecule has 1 atom stereocenters. The lowest BCUT2D eigenvalue weighted by molar-refractivity contribution is 0.383. The topological polar surface area (TPSA) is 47.0 Å². The van der Waals surface area contributed by atoms with Crippen molar-refractivity contribution in [3.8, 4) is 5.88 Å². The Morgan fingerprint density at radius 3 is 2.85 bits per heavy atom. The second-order valence-electron chi connectivity index (χ2n) is 4.06. The molecule has 4 nitrogen and oxygen atoms in total. The van der Waals surface area contributed by atoms with Crippen molar-refractivity contribution in [2.75, 3.05) is 19.9 Å². The molecule has 0 amide bonds. The van der Waals surface area contributed by atoms with E-state index in [1.54, 1.807) is 37.3 Å². The van der Waals surface area contributed by atoms with Crippen LogP contribution in [0.25, 0.3) is 0 Å². The number of rotatable bonds is 6. The first-order valence-electron chi connectivity index (χ1n) is 6.15. The molecule has 0 aliphatic heterocycles. The molecule has 2 rings (SSSR count). The summed E-state index contributed by atoms with van der Waals surface area (Å²) in [5.74, 6) is 0.981. The number of nitrogens with one attached hydrogen (secondary N) is 1. The second-order valence-corrected chi connectivity index (χ2v) is 5.15. The van der Waals surface area contributed by atoms with Crippen LogP contribution in [0.1, 0.15) is 11.7 Å². The summed E-state index contributed by atoms with van der Waals surface area (Å²) in [4.78, 5) is 9.34. The first-order chi connectivity index (χ1) is 9.74. The van der Waals surface area contributed by atoms with Gasteiger partial charge in [-0.2, -0.15) is 0 Å². The van der Waals surface area contributed by atoms with Crippen LogP contribution in [0, 0.1) is 5.82 Å². The van der Waals surface area contributed by atoms with E-state index in [1.807, 2.05) is 13.1 Å². The predicted octanol–water partition coefficient (Wildman–Crippen LogP) is 2.68. The van der Waals surface area contributed by atoms with Crippen molar-refractivity contribution in [1.29, 1.82) is 0 Å². The van der Waals surface area contributed by atoms with Crippen LogP contribution in [-0.4, -0.2) is 29.9 Å². The third-order valence-corrected chi connectivity index (χ3v) is 3.86. The fraction of sp³-hybridized carbons (Fsp3) is 0.286. The maximum Gasteiger partial charge on any atom is 0.237 e. The molecular weight excluding hydrogens is 277 g/mol. The van der Waals surface area contributed by atoms with Gasteiger partial charge in [-0.05, 0) is 25.2 Å². The van der Waals surface area contributed by atoms with Crippen molar-refractivity contribution in [2.24, 2.45) is 0 Å². The molecule has 0 fully saturated rings. The molecule has 20 heavy (non-hydrogen) atoms. The number of benzene rings is 1. The number of halogens is 1. The summed E-state index contributed by atoms with van der Waals surface area (Å²) < 4.78 is 18.4. The number of methoxy groups -OCH3 is 1. The number of hydrogen-bond donors (Lipinski definition) is 1. The molecule has 1 unspecified atom stereocenters. The van der Waals surface area contributed by atoms with Crippen LogP contribution < -0.4 is 10.1 Å². The highest BCUT2D eigenvalue weighted by molar-refractivity contribution is 7.99. The van der Waals surface area contributed by atoms with Gasteiger partial charge >= 0.3 is 0 Å². The average Bonchev–Trinajstić information content (AvgIpc) is 2.48. The van der Waals surface area contributed by atoms with Crippen LogP contribution in [0.15, 0.2) is 41.6 Å². The Balaban J connectivity index is 2.09. The van der Waals surface area contributed by atoms with E-state index in [1.165, 1.54) is 12.1 Å². The van der Waals surface area contributed by atoms with Gasteiger partial charge in [0.2, 0.25) is 5.88 Å². The highest BCUT2D eigenvalue weighted by Crippen LogP contribution is 2.27. The van der Waals surface area contributed by atoms with Crippen molar-refractivity contribution >= 4 is 11.8 Å². The SMILES string of the molecule is CNC(CSc1cccc(F)c1)c1nccnc1OC. The first kappa shape index (κ1) is 14.7. The zero-order valence-corrected chi connectivity index (χ0v) is 12.2. The van der Waals surface area contributed by atoms with Gasteiger partial charge < -0.3 is 10.1 Å². The van der Waals surface area contributed by atoms with E-state index < -0.39 is 0 Å². The van der Waals surface area contributed by atoms with Crippen molar-refractivity contribution in [3.63, 3.8) is 0 Å². The summed E-state index contributed by atoms with van der Waals surface area (Å²) >= 11 is 1.56. The molecule has 0 saturated carbocycles.